The smallest absolute Gasteiger partial charge is 0.0500 e. The maximum absolute atomic E-state index is 6.26. The van der Waals surface area contributed by atoms with Gasteiger partial charge in [-0.1, -0.05) is 51.8 Å². The van der Waals surface area contributed by atoms with Gasteiger partial charge in [0, 0.05) is 15.2 Å². The fourth-order valence-corrected chi connectivity index (χ4v) is 2.74. The number of halogens is 2. The molecule has 0 aliphatic rings. The van der Waals surface area contributed by atoms with Crippen LogP contribution in [-0.2, 0) is 0 Å². The molecule has 0 aromatic heterocycles. The first kappa shape index (κ1) is 13.4. The first-order valence-electron chi connectivity index (χ1n) is 5.85. The summed E-state index contributed by atoms with van der Waals surface area (Å²) in [7, 11) is 0. The quantitative estimate of drug-likeness (QED) is 0.776. The average molecular weight is 325 g/mol. The minimum atomic E-state index is 0.173. The van der Waals surface area contributed by atoms with Gasteiger partial charge >= 0.3 is 0 Å². The van der Waals surface area contributed by atoms with Gasteiger partial charge in [0.15, 0.2) is 0 Å². The summed E-state index contributed by atoms with van der Waals surface area (Å²) < 4.78 is 0.999. The van der Waals surface area contributed by atoms with Crippen molar-refractivity contribution < 1.29 is 0 Å². The van der Waals surface area contributed by atoms with E-state index in [2.05, 4.69) is 47.2 Å². The van der Waals surface area contributed by atoms with Crippen LogP contribution in [0.1, 0.15) is 24.1 Å². The topological polar surface area (TPSA) is 12.0 Å². The van der Waals surface area contributed by atoms with Gasteiger partial charge in [0.25, 0.3) is 0 Å². The molecule has 2 aromatic rings. The Kier molecular flexibility index (Phi) is 4.31. The van der Waals surface area contributed by atoms with Crippen LogP contribution in [0.15, 0.2) is 46.9 Å². The second-order valence-electron chi connectivity index (χ2n) is 4.35. The van der Waals surface area contributed by atoms with Crippen molar-refractivity contribution >= 4 is 33.2 Å². The van der Waals surface area contributed by atoms with E-state index in [9.17, 15) is 0 Å². The Morgan fingerprint density at radius 3 is 2.56 bits per heavy atom. The maximum atomic E-state index is 6.26. The van der Waals surface area contributed by atoms with E-state index in [1.807, 2.05) is 30.3 Å². The Balaban J connectivity index is 2.22. The molecule has 0 spiro atoms. The molecule has 94 valence electrons. The van der Waals surface area contributed by atoms with E-state index in [-0.39, 0.29) is 6.04 Å². The van der Waals surface area contributed by atoms with Crippen LogP contribution in [0.4, 0.5) is 5.69 Å². The number of hydrogen-bond donors (Lipinski definition) is 1. The second-order valence-corrected chi connectivity index (χ2v) is 5.67. The Bertz CT molecular complexity index is 554. The predicted molar refractivity (Wildman–Crippen MR) is 82.4 cm³/mol. The maximum Gasteiger partial charge on any atom is 0.0500 e. The summed E-state index contributed by atoms with van der Waals surface area (Å²) in [5, 5.41) is 4.26. The van der Waals surface area contributed by atoms with Gasteiger partial charge < -0.3 is 5.32 Å². The molecule has 0 heterocycles. The first-order chi connectivity index (χ1) is 8.58. The molecule has 1 N–H and O–H groups in total. The number of nitrogens with one attached hydrogen (secondary N) is 1. The average Bonchev–Trinajstić information content (AvgIpc) is 2.32. The molecular formula is C15H15BrClN. The summed E-state index contributed by atoms with van der Waals surface area (Å²) in [6.07, 6.45) is 0. The lowest BCUT2D eigenvalue weighted by atomic mass is 10.1. The first-order valence-corrected chi connectivity index (χ1v) is 7.02. The predicted octanol–water partition coefficient (Wildman–Crippen LogP) is 5.58. The highest BCUT2D eigenvalue weighted by Crippen LogP contribution is 2.29. The van der Waals surface area contributed by atoms with Crippen LogP contribution in [-0.4, -0.2) is 0 Å². The molecular weight excluding hydrogens is 310 g/mol. The fourth-order valence-electron chi connectivity index (χ4n) is 1.90. The molecule has 1 unspecified atom stereocenters. The van der Waals surface area contributed by atoms with Gasteiger partial charge in [-0.05, 0) is 43.2 Å². The Morgan fingerprint density at radius 2 is 1.89 bits per heavy atom. The molecule has 0 fully saturated rings. The summed E-state index contributed by atoms with van der Waals surface area (Å²) in [6.45, 7) is 4.21. The summed E-state index contributed by atoms with van der Waals surface area (Å²) >= 11 is 9.68. The second kappa shape index (κ2) is 5.77. The molecule has 18 heavy (non-hydrogen) atoms. The number of benzene rings is 2. The number of hydrogen-bond acceptors (Lipinski definition) is 1. The molecule has 0 aliphatic carbocycles. The van der Waals surface area contributed by atoms with E-state index < -0.39 is 0 Å². The third-order valence-electron chi connectivity index (χ3n) is 2.95. The van der Waals surface area contributed by atoms with E-state index in [1.165, 1.54) is 5.56 Å². The van der Waals surface area contributed by atoms with Crippen molar-refractivity contribution in [2.45, 2.75) is 19.9 Å². The SMILES string of the molecule is Cc1ccccc1NC(C)c1ccc(Br)cc1Cl. The van der Waals surface area contributed by atoms with Crippen molar-refractivity contribution in [3.05, 3.63) is 63.1 Å². The zero-order valence-corrected chi connectivity index (χ0v) is 12.7. The third kappa shape index (κ3) is 3.06. The van der Waals surface area contributed by atoms with E-state index >= 15 is 0 Å². The van der Waals surface area contributed by atoms with Crippen LogP contribution in [0.5, 0.6) is 0 Å². The summed E-state index contributed by atoms with van der Waals surface area (Å²) in [4.78, 5) is 0. The summed E-state index contributed by atoms with van der Waals surface area (Å²) in [5.41, 5.74) is 3.48. The highest BCUT2D eigenvalue weighted by molar-refractivity contribution is 9.10. The lowest BCUT2D eigenvalue weighted by Crippen LogP contribution is -2.08. The van der Waals surface area contributed by atoms with E-state index in [0.29, 0.717) is 0 Å². The van der Waals surface area contributed by atoms with Crippen LogP contribution in [0.2, 0.25) is 5.02 Å². The molecule has 0 bridgehead atoms. The van der Waals surface area contributed by atoms with Crippen LogP contribution in [0.3, 0.4) is 0 Å². The fraction of sp³-hybridized carbons (Fsp3) is 0.200. The summed E-state index contributed by atoms with van der Waals surface area (Å²) in [6, 6.07) is 14.4. The normalized spacial score (nSPS) is 12.2. The van der Waals surface area contributed by atoms with Crippen molar-refractivity contribution in [1.29, 1.82) is 0 Å². The van der Waals surface area contributed by atoms with Gasteiger partial charge in [-0.3, -0.25) is 0 Å². The van der Waals surface area contributed by atoms with E-state index in [1.54, 1.807) is 0 Å². The number of aryl methyl sites for hydroxylation is 1. The highest BCUT2D eigenvalue weighted by Gasteiger charge is 2.10. The molecule has 2 rings (SSSR count). The Morgan fingerprint density at radius 1 is 1.17 bits per heavy atom. The molecule has 3 heteroatoms. The van der Waals surface area contributed by atoms with Crippen molar-refractivity contribution in [2.75, 3.05) is 5.32 Å². The lowest BCUT2D eigenvalue weighted by Gasteiger charge is -2.18. The lowest BCUT2D eigenvalue weighted by molar-refractivity contribution is 0.882. The van der Waals surface area contributed by atoms with Gasteiger partial charge in [0.2, 0.25) is 0 Å². The molecule has 0 amide bonds. The van der Waals surface area contributed by atoms with Gasteiger partial charge in [-0.2, -0.15) is 0 Å². The third-order valence-corrected chi connectivity index (χ3v) is 3.77. The van der Waals surface area contributed by atoms with E-state index in [0.717, 1.165) is 20.7 Å². The van der Waals surface area contributed by atoms with Crippen molar-refractivity contribution in [1.82, 2.24) is 0 Å². The molecule has 1 nitrogen and oxygen atoms in total. The van der Waals surface area contributed by atoms with Gasteiger partial charge in [0.05, 0.1) is 6.04 Å². The van der Waals surface area contributed by atoms with Crippen LogP contribution >= 0.6 is 27.5 Å². The minimum absolute atomic E-state index is 0.173. The van der Waals surface area contributed by atoms with Gasteiger partial charge in [-0.15, -0.1) is 0 Å². The largest absolute Gasteiger partial charge is 0.378 e. The molecule has 0 aliphatic heterocycles. The van der Waals surface area contributed by atoms with Gasteiger partial charge in [0.1, 0.15) is 0 Å². The number of rotatable bonds is 3. The standard InChI is InChI=1S/C15H15BrClN/c1-10-5-3-4-6-15(10)18-11(2)13-8-7-12(16)9-14(13)17/h3-9,11,18H,1-2H3. The number of anilines is 1. The van der Waals surface area contributed by atoms with Gasteiger partial charge in [-0.25, -0.2) is 0 Å². The summed E-state index contributed by atoms with van der Waals surface area (Å²) in [5.74, 6) is 0. The number of para-hydroxylation sites is 1. The molecule has 0 radical (unpaired) electrons. The molecule has 1 atom stereocenters. The zero-order chi connectivity index (χ0) is 13.1. The van der Waals surface area contributed by atoms with Crippen LogP contribution < -0.4 is 5.32 Å². The highest BCUT2D eigenvalue weighted by atomic mass is 79.9. The minimum Gasteiger partial charge on any atom is -0.378 e. The van der Waals surface area contributed by atoms with Crippen molar-refractivity contribution in [2.24, 2.45) is 0 Å². The van der Waals surface area contributed by atoms with Crippen molar-refractivity contribution in [3.8, 4) is 0 Å². The zero-order valence-electron chi connectivity index (χ0n) is 10.4. The van der Waals surface area contributed by atoms with Crippen molar-refractivity contribution in [3.63, 3.8) is 0 Å². The molecule has 0 saturated heterocycles. The Labute approximate surface area is 121 Å². The van der Waals surface area contributed by atoms with Crippen LogP contribution in [0, 0.1) is 6.92 Å². The molecule has 0 saturated carbocycles. The Hall–Kier alpha value is -0.990. The van der Waals surface area contributed by atoms with Crippen LogP contribution in [0.25, 0.3) is 0 Å². The molecule has 2 aromatic carbocycles. The monoisotopic (exact) mass is 323 g/mol. The van der Waals surface area contributed by atoms with E-state index in [4.69, 9.17) is 11.6 Å².